The predicted molar refractivity (Wildman–Crippen MR) is 88.6 cm³/mol. The van der Waals surface area contributed by atoms with E-state index in [1.165, 1.54) is 11.1 Å². The molecule has 0 bridgehead atoms. The Hall–Kier alpha value is -2.56. The second-order valence-electron chi connectivity index (χ2n) is 5.68. The van der Waals surface area contributed by atoms with Crippen molar-refractivity contribution in [3.8, 4) is 0 Å². The summed E-state index contributed by atoms with van der Waals surface area (Å²) in [5.41, 5.74) is 4.17. The number of rotatable bonds is 4. The van der Waals surface area contributed by atoms with E-state index >= 15 is 0 Å². The van der Waals surface area contributed by atoms with Crippen molar-refractivity contribution in [1.29, 1.82) is 0 Å². The number of hydrogen-bond acceptors (Lipinski definition) is 3. The lowest BCUT2D eigenvalue weighted by Crippen LogP contribution is -2.30. The lowest BCUT2D eigenvalue weighted by atomic mass is 10.1. The summed E-state index contributed by atoms with van der Waals surface area (Å²) in [6.45, 7) is 4.16. The number of amides is 2. The van der Waals surface area contributed by atoms with Crippen molar-refractivity contribution >= 4 is 23.2 Å². The molecule has 3 rings (SSSR count). The molecule has 0 spiro atoms. The van der Waals surface area contributed by atoms with Crippen LogP contribution in [0.3, 0.4) is 0 Å². The zero-order chi connectivity index (χ0) is 15.5. The minimum absolute atomic E-state index is 0.167. The summed E-state index contributed by atoms with van der Waals surface area (Å²) in [5.74, 6) is 0.752. The minimum Gasteiger partial charge on any atom is -0.340 e. The lowest BCUT2D eigenvalue weighted by Gasteiger charge is -2.11. The molecule has 5 heteroatoms. The molecule has 2 amide bonds. The van der Waals surface area contributed by atoms with Crippen LogP contribution in [-0.2, 0) is 0 Å². The fourth-order valence-corrected chi connectivity index (χ4v) is 2.15. The molecule has 114 valence electrons. The molecular formula is C17H20N4O. The van der Waals surface area contributed by atoms with E-state index in [0.29, 0.717) is 11.7 Å². The molecule has 3 N–H and O–H groups in total. The van der Waals surface area contributed by atoms with E-state index in [9.17, 15) is 4.79 Å². The zero-order valence-corrected chi connectivity index (χ0v) is 12.8. The van der Waals surface area contributed by atoms with Gasteiger partial charge in [0.25, 0.3) is 0 Å². The number of nitrogens with zero attached hydrogens (tertiary/aromatic N) is 1. The molecule has 1 aromatic carbocycles. The van der Waals surface area contributed by atoms with Crippen LogP contribution >= 0.6 is 0 Å². The summed E-state index contributed by atoms with van der Waals surface area (Å²) in [5, 5.41) is 8.96. The van der Waals surface area contributed by atoms with Crippen LogP contribution in [0.2, 0.25) is 0 Å². The van der Waals surface area contributed by atoms with Crippen molar-refractivity contribution < 1.29 is 4.79 Å². The van der Waals surface area contributed by atoms with Crippen LogP contribution in [0.15, 0.2) is 36.5 Å². The highest BCUT2D eigenvalue weighted by molar-refractivity contribution is 5.89. The van der Waals surface area contributed by atoms with Crippen molar-refractivity contribution in [1.82, 2.24) is 10.3 Å². The first-order valence-corrected chi connectivity index (χ1v) is 7.48. The minimum atomic E-state index is -0.167. The summed E-state index contributed by atoms with van der Waals surface area (Å²) in [6.07, 6.45) is 3.80. The van der Waals surface area contributed by atoms with Gasteiger partial charge in [-0.2, -0.15) is 0 Å². The second kappa shape index (κ2) is 6.05. The topological polar surface area (TPSA) is 66.0 Å². The van der Waals surface area contributed by atoms with E-state index in [0.717, 1.165) is 24.3 Å². The maximum atomic E-state index is 11.7. The number of nitrogens with one attached hydrogen (secondary N) is 3. The number of anilines is 3. The molecule has 1 aliphatic rings. The Labute approximate surface area is 130 Å². The molecule has 1 saturated carbocycles. The van der Waals surface area contributed by atoms with Gasteiger partial charge in [-0.1, -0.05) is 12.1 Å². The molecule has 1 aromatic heterocycles. The highest BCUT2D eigenvalue weighted by Gasteiger charge is 2.23. The Morgan fingerprint density at radius 3 is 2.68 bits per heavy atom. The van der Waals surface area contributed by atoms with E-state index in [1.807, 2.05) is 24.3 Å². The highest BCUT2D eigenvalue weighted by atomic mass is 16.2. The fourth-order valence-electron chi connectivity index (χ4n) is 2.15. The summed E-state index contributed by atoms with van der Waals surface area (Å²) in [6, 6.07) is 10.0. The summed E-state index contributed by atoms with van der Waals surface area (Å²) < 4.78 is 0. The van der Waals surface area contributed by atoms with Crippen LogP contribution in [-0.4, -0.2) is 17.1 Å². The smallest absolute Gasteiger partial charge is 0.319 e. The predicted octanol–water partition coefficient (Wildman–Crippen LogP) is 3.73. The first-order chi connectivity index (χ1) is 10.6. The van der Waals surface area contributed by atoms with E-state index in [1.54, 1.807) is 6.20 Å². The monoisotopic (exact) mass is 296 g/mol. The number of aryl methyl sites for hydroxylation is 1. The lowest BCUT2D eigenvalue weighted by molar-refractivity contribution is 0.251. The second-order valence-corrected chi connectivity index (χ2v) is 5.68. The van der Waals surface area contributed by atoms with E-state index in [4.69, 9.17) is 0 Å². The maximum absolute atomic E-state index is 11.7. The van der Waals surface area contributed by atoms with Crippen molar-refractivity contribution in [3.63, 3.8) is 0 Å². The Balaban J connectivity index is 1.63. The Morgan fingerprint density at radius 2 is 2.00 bits per heavy atom. The van der Waals surface area contributed by atoms with E-state index < -0.39 is 0 Å². The third kappa shape index (κ3) is 3.55. The van der Waals surface area contributed by atoms with Crippen molar-refractivity contribution in [2.24, 2.45) is 0 Å². The zero-order valence-electron chi connectivity index (χ0n) is 12.8. The molecule has 0 atom stereocenters. The molecule has 1 aliphatic carbocycles. The quantitative estimate of drug-likeness (QED) is 0.805. The summed E-state index contributed by atoms with van der Waals surface area (Å²) in [4.78, 5) is 16.0. The van der Waals surface area contributed by atoms with Crippen molar-refractivity contribution in [2.75, 3.05) is 10.6 Å². The Kier molecular flexibility index (Phi) is 3.96. The first-order valence-electron chi connectivity index (χ1n) is 7.48. The Morgan fingerprint density at radius 1 is 1.18 bits per heavy atom. The number of aromatic nitrogens is 1. The van der Waals surface area contributed by atoms with Gasteiger partial charge in [-0.15, -0.1) is 0 Å². The largest absolute Gasteiger partial charge is 0.340 e. The van der Waals surface area contributed by atoms with Gasteiger partial charge >= 0.3 is 6.03 Å². The van der Waals surface area contributed by atoms with Crippen LogP contribution in [0, 0.1) is 13.8 Å². The molecule has 1 fully saturated rings. The molecule has 0 unspecified atom stereocenters. The average molecular weight is 296 g/mol. The number of carbonyl (C=O) groups is 1. The van der Waals surface area contributed by atoms with Crippen molar-refractivity contribution in [3.05, 3.63) is 47.7 Å². The van der Waals surface area contributed by atoms with Gasteiger partial charge in [0.1, 0.15) is 5.82 Å². The molecule has 0 aliphatic heterocycles. The van der Waals surface area contributed by atoms with Gasteiger partial charge in [-0.05, 0) is 56.0 Å². The van der Waals surface area contributed by atoms with Crippen LogP contribution < -0.4 is 16.0 Å². The molecule has 5 nitrogen and oxygen atoms in total. The summed E-state index contributed by atoms with van der Waals surface area (Å²) >= 11 is 0. The number of benzene rings is 1. The number of pyridine rings is 1. The van der Waals surface area contributed by atoms with Gasteiger partial charge < -0.3 is 16.0 Å². The molecule has 22 heavy (non-hydrogen) atoms. The van der Waals surface area contributed by atoms with Crippen molar-refractivity contribution in [2.45, 2.75) is 32.7 Å². The first kappa shape index (κ1) is 14.4. The summed E-state index contributed by atoms with van der Waals surface area (Å²) in [7, 11) is 0. The maximum Gasteiger partial charge on any atom is 0.319 e. The number of hydrogen-bond donors (Lipinski definition) is 3. The number of urea groups is 1. The molecule has 2 aromatic rings. The molecule has 1 heterocycles. The molecular weight excluding hydrogens is 276 g/mol. The normalized spacial score (nSPS) is 13.5. The standard InChI is InChI=1S/C17H20N4O/c1-11-4-3-5-15(12(11)2)21-16-9-8-14(10-18-16)20-17(22)19-13-6-7-13/h3-5,8-10,13H,6-7H2,1-2H3,(H,18,21)(H2,19,20,22). The Bertz CT molecular complexity index is 678. The molecule has 0 saturated heterocycles. The van der Waals surface area contributed by atoms with E-state index in [2.05, 4.69) is 40.8 Å². The average Bonchev–Trinajstić information content (AvgIpc) is 3.30. The van der Waals surface area contributed by atoms with Gasteiger partial charge in [-0.3, -0.25) is 0 Å². The third-order valence-corrected chi connectivity index (χ3v) is 3.80. The van der Waals surface area contributed by atoms with Gasteiger partial charge in [0.05, 0.1) is 11.9 Å². The molecule has 0 radical (unpaired) electrons. The van der Waals surface area contributed by atoms with Crippen LogP contribution in [0.4, 0.5) is 22.0 Å². The van der Waals surface area contributed by atoms with Gasteiger partial charge in [0.15, 0.2) is 0 Å². The number of carbonyl (C=O) groups excluding carboxylic acids is 1. The van der Waals surface area contributed by atoms with Gasteiger partial charge in [0.2, 0.25) is 0 Å². The van der Waals surface area contributed by atoms with Gasteiger partial charge in [-0.25, -0.2) is 9.78 Å². The van der Waals surface area contributed by atoms with Gasteiger partial charge in [0, 0.05) is 11.7 Å². The fraction of sp³-hybridized carbons (Fsp3) is 0.294. The highest BCUT2D eigenvalue weighted by Crippen LogP contribution is 2.22. The van der Waals surface area contributed by atoms with Crippen LogP contribution in [0.25, 0.3) is 0 Å². The van der Waals surface area contributed by atoms with Crippen LogP contribution in [0.1, 0.15) is 24.0 Å². The third-order valence-electron chi connectivity index (χ3n) is 3.80. The van der Waals surface area contributed by atoms with E-state index in [-0.39, 0.29) is 6.03 Å². The SMILES string of the molecule is Cc1cccc(Nc2ccc(NC(=O)NC3CC3)cn2)c1C. The van der Waals surface area contributed by atoms with Crippen LogP contribution in [0.5, 0.6) is 0 Å².